The zero-order valence-corrected chi connectivity index (χ0v) is 12.0. The van der Waals surface area contributed by atoms with Crippen molar-refractivity contribution in [2.75, 3.05) is 18.0 Å². The Hall–Kier alpha value is -2.13. The fourth-order valence-electron chi connectivity index (χ4n) is 2.81. The van der Waals surface area contributed by atoms with Gasteiger partial charge in [-0.1, -0.05) is 42.5 Å². The molecule has 0 aliphatic carbocycles. The Balaban J connectivity index is 1.71. The largest absolute Gasteiger partial charge is 0.330 e. The van der Waals surface area contributed by atoms with Crippen LogP contribution in [0.4, 0.5) is 5.69 Å². The maximum Gasteiger partial charge on any atom is 0.227 e. The van der Waals surface area contributed by atoms with Crippen molar-refractivity contribution in [2.45, 2.75) is 12.8 Å². The molecule has 0 bridgehead atoms. The summed E-state index contributed by atoms with van der Waals surface area (Å²) in [5, 5.41) is 0. The Kier molecular flexibility index (Phi) is 4.02. The molecule has 1 aliphatic rings. The number of nitrogens with zero attached hydrogens (tertiary/aromatic N) is 1. The van der Waals surface area contributed by atoms with Crippen molar-refractivity contribution in [1.29, 1.82) is 0 Å². The van der Waals surface area contributed by atoms with Crippen molar-refractivity contribution in [3.63, 3.8) is 0 Å². The molecule has 0 saturated carbocycles. The molecule has 1 amide bonds. The summed E-state index contributed by atoms with van der Waals surface area (Å²) in [5.41, 5.74) is 9.20. The summed E-state index contributed by atoms with van der Waals surface area (Å²) in [4.78, 5) is 13.8. The summed E-state index contributed by atoms with van der Waals surface area (Å²) < 4.78 is 0. The topological polar surface area (TPSA) is 46.3 Å². The van der Waals surface area contributed by atoms with E-state index < -0.39 is 0 Å². The highest BCUT2D eigenvalue weighted by Gasteiger charge is 2.29. The molecule has 1 heterocycles. The quantitative estimate of drug-likeness (QED) is 0.935. The Bertz CT molecular complexity index is 607. The molecular formula is C18H20N2O. The molecule has 0 spiro atoms. The van der Waals surface area contributed by atoms with Gasteiger partial charge in [0.2, 0.25) is 5.91 Å². The number of amides is 1. The van der Waals surface area contributed by atoms with Gasteiger partial charge in [-0.05, 0) is 42.1 Å². The maximum atomic E-state index is 12.0. The zero-order chi connectivity index (χ0) is 14.7. The third-order valence-corrected chi connectivity index (χ3v) is 4.04. The molecule has 108 valence electrons. The minimum absolute atomic E-state index is 0.182. The molecule has 1 atom stereocenters. The monoisotopic (exact) mass is 280 g/mol. The molecule has 2 aromatic carbocycles. The number of nitrogens with two attached hydrogens (primary N) is 1. The molecule has 1 fully saturated rings. The van der Waals surface area contributed by atoms with Crippen LogP contribution in [0.25, 0.3) is 0 Å². The van der Waals surface area contributed by atoms with Crippen molar-refractivity contribution < 1.29 is 4.79 Å². The second-order valence-corrected chi connectivity index (χ2v) is 5.64. The van der Waals surface area contributed by atoms with Gasteiger partial charge in [-0.15, -0.1) is 0 Å². The fourth-order valence-corrected chi connectivity index (χ4v) is 2.81. The van der Waals surface area contributed by atoms with Crippen LogP contribution in [0.3, 0.4) is 0 Å². The summed E-state index contributed by atoms with van der Waals surface area (Å²) in [6.45, 7) is 1.32. The van der Waals surface area contributed by atoms with Crippen molar-refractivity contribution >= 4 is 11.6 Å². The molecule has 2 N–H and O–H groups in total. The summed E-state index contributed by atoms with van der Waals surface area (Å²) in [6, 6.07) is 18.7. The van der Waals surface area contributed by atoms with Gasteiger partial charge in [-0.2, -0.15) is 0 Å². The van der Waals surface area contributed by atoms with E-state index in [4.69, 9.17) is 5.73 Å². The smallest absolute Gasteiger partial charge is 0.227 e. The lowest BCUT2D eigenvalue weighted by atomic mass is 10.0. The van der Waals surface area contributed by atoms with E-state index in [1.165, 1.54) is 11.1 Å². The maximum absolute atomic E-state index is 12.0. The number of carbonyl (C=O) groups excluding carboxylic acids is 1. The van der Waals surface area contributed by atoms with Crippen LogP contribution in [-0.4, -0.2) is 19.0 Å². The second kappa shape index (κ2) is 6.10. The number of hydrogen-bond donors (Lipinski definition) is 1. The van der Waals surface area contributed by atoms with Crippen LogP contribution in [-0.2, 0) is 11.2 Å². The summed E-state index contributed by atoms with van der Waals surface area (Å²) in [6.07, 6.45) is 1.49. The van der Waals surface area contributed by atoms with Crippen LogP contribution in [0.5, 0.6) is 0 Å². The Morgan fingerprint density at radius 2 is 1.67 bits per heavy atom. The van der Waals surface area contributed by atoms with Crippen LogP contribution in [0.15, 0.2) is 54.6 Å². The Morgan fingerprint density at radius 1 is 1.00 bits per heavy atom. The lowest BCUT2D eigenvalue weighted by Crippen LogP contribution is -2.25. The van der Waals surface area contributed by atoms with Gasteiger partial charge in [0.15, 0.2) is 0 Å². The van der Waals surface area contributed by atoms with E-state index in [1.54, 1.807) is 0 Å². The van der Waals surface area contributed by atoms with Gasteiger partial charge in [-0.3, -0.25) is 4.79 Å². The zero-order valence-electron chi connectivity index (χ0n) is 12.0. The number of anilines is 1. The predicted molar refractivity (Wildman–Crippen MR) is 85.2 cm³/mol. The highest BCUT2D eigenvalue weighted by molar-refractivity contribution is 5.95. The van der Waals surface area contributed by atoms with Crippen molar-refractivity contribution in [2.24, 2.45) is 11.7 Å². The summed E-state index contributed by atoms with van der Waals surface area (Å²) in [7, 11) is 0. The Morgan fingerprint density at radius 3 is 2.29 bits per heavy atom. The molecule has 2 aromatic rings. The molecule has 1 aliphatic heterocycles. The van der Waals surface area contributed by atoms with Crippen LogP contribution >= 0.6 is 0 Å². The van der Waals surface area contributed by atoms with E-state index in [-0.39, 0.29) is 5.91 Å². The van der Waals surface area contributed by atoms with Crippen LogP contribution in [0.1, 0.15) is 17.5 Å². The van der Waals surface area contributed by atoms with Crippen molar-refractivity contribution in [1.82, 2.24) is 0 Å². The average Bonchev–Trinajstić information content (AvgIpc) is 2.90. The Labute approximate surface area is 125 Å². The van der Waals surface area contributed by atoms with E-state index in [0.717, 1.165) is 18.7 Å². The first-order chi connectivity index (χ1) is 10.3. The summed E-state index contributed by atoms with van der Waals surface area (Å²) >= 11 is 0. The highest BCUT2D eigenvalue weighted by atomic mass is 16.2. The van der Waals surface area contributed by atoms with E-state index in [0.29, 0.717) is 18.9 Å². The second-order valence-electron chi connectivity index (χ2n) is 5.64. The van der Waals surface area contributed by atoms with E-state index in [1.807, 2.05) is 23.1 Å². The minimum atomic E-state index is 0.182. The molecule has 1 unspecified atom stereocenters. The van der Waals surface area contributed by atoms with Crippen molar-refractivity contribution in [3.05, 3.63) is 65.7 Å². The number of hydrogen-bond acceptors (Lipinski definition) is 2. The minimum Gasteiger partial charge on any atom is -0.330 e. The van der Waals surface area contributed by atoms with Gasteiger partial charge < -0.3 is 10.6 Å². The number of carbonyl (C=O) groups is 1. The van der Waals surface area contributed by atoms with Crippen LogP contribution in [0.2, 0.25) is 0 Å². The average molecular weight is 280 g/mol. The third kappa shape index (κ3) is 3.14. The van der Waals surface area contributed by atoms with Gasteiger partial charge in [0.1, 0.15) is 0 Å². The lowest BCUT2D eigenvalue weighted by molar-refractivity contribution is -0.117. The standard InChI is InChI=1S/C18H20N2O/c19-12-16-11-18(21)20(13-16)17-8-6-15(7-9-17)10-14-4-2-1-3-5-14/h1-9,16H,10-13,19H2. The third-order valence-electron chi connectivity index (χ3n) is 4.04. The SMILES string of the molecule is NCC1CC(=O)N(c2ccc(Cc3ccccc3)cc2)C1. The van der Waals surface area contributed by atoms with Gasteiger partial charge in [0.25, 0.3) is 0 Å². The summed E-state index contributed by atoms with van der Waals surface area (Å²) in [5.74, 6) is 0.475. The van der Waals surface area contributed by atoms with Crippen molar-refractivity contribution in [3.8, 4) is 0 Å². The first-order valence-corrected chi connectivity index (χ1v) is 7.39. The predicted octanol–water partition coefficient (Wildman–Crippen LogP) is 2.59. The normalized spacial score (nSPS) is 18.2. The first-order valence-electron chi connectivity index (χ1n) is 7.39. The molecule has 1 saturated heterocycles. The van der Waals surface area contributed by atoms with E-state index >= 15 is 0 Å². The first kappa shape index (κ1) is 13.8. The van der Waals surface area contributed by atoms with Gasteiger partial charge >= 0.3 is 0 Å². The molecule has 3 nitrogen and oxygen atoms in total. The molecule has 0 aromatic heterocycles. The van der Waals surface area contributed by atoms with Gasteiger partial charge in [0, 0.05) is 18.7 Å². The molecule has 0 radical (unpaired) electrons. The molecular weight excluding hydrogens is 260 g/mol. The molecule has 3 rings (SSSR count). The van der Waals surface area contributed by atoms with Gasteiger partial charge in [0.05, 0.1) is 0 Å². The molecule has 21 heavy (non-hydrogen) atoms. The van der Waals surface area contributed by atoms with Gasteiger partial charge in [-0.25, -0.2) is 0 Å². The lowest BCUT2D eigenvalue weighted by Gasteiger charge is -2.17. The van der Waals surface area contributed by atoms with Crippen LogP contribution < -0.4 is 10.6 Å². The van der Waals surface area contributed by atoms with E-state index in [2.05, 4.69) is 36.4 Å². The van der Waals surface area contributed by atoms with E-state index in [9.17, 15) is 4.79 Å². The number of rotatable bonds is 4. The van der Waals surface area contributed by atoms with Crippen LogP contribution in [0, 0.1) is 5.92 Å². The number of benzene rings is 2. The molecule has 3 heteroatoms. The fraction of sp³-hybridized carbons (Fsp3) is 0.278. The highest BCUT2D eigenvalue weighted by Crippen LogP contribution is 2.25.